The minimum atomic E-state index is 0. The summed E-state index contributed by atoms with van der Waals surface area (Å²) < 4.78 is 11.2. The Morgan fingerprint density at radius 3 is 2.73 bits per heavy atom. The molecule has 2 fully saturated rings. The van der Waals surface area contributed by atoms with Gasteiger partial charge in [0.15, 0.2) is 11.8 Å². The Bertz CT molecular complexity index is 600. The second-order valence-electron chi connectivity index (χ2n) is 7.41. The molecule has 0 bridgehead atoms. The first-order valence-electron chi connectivity index (χ1n) is 9.50. The van der Waals surface area contributed by atoms with Gasteiger partial charge >= 0.3 is 0 Å². The Hall–Kier alpha value is -0.900. The van der Waals surface area contributed by atoms with E-state index >= 15 is 0 Å². The topological polar surface area (TPSA) is 84.6 Å². The third kappa shape index (κ3) is 4.32. The van der Waals surface area contributed by atoms with E-state index in [4.69, 9.17) is 9.26 Å². The molecular formula is C18H32IN5O2. The zero-order chi connectivity index (χ0) is 17.9. The highest BCUT2D eigenvalue weighted by Crippen LogP contribution is 2.57. The van der Waals surface area contributed by atoms with Crippen LogP contribution in [0.4, 0.5) is 0 Å². The fraction of sp³-hybridized carbons (Fsp3) is 0.833. The monoisotopic (exact) mass is 477 g/mol. The van der Waals surface area contributed by atoms with Crippen LogP contribution in [0.2, 0.25) is 0 Å². The van der Waals surface area contributed by atoms with Crippen LogP contribution in [0.15, 0.2) is 9.52 Å². The van der Waals surface area contributed by atoms with E-state index in [0.717, 1.165) is 24.8 Å². The van der Waals surface area contributed by atoms with Crippen molar-refractivity contribution in [3.63, 3.8) is 0 Å². The molecule has 1 spiro atoms. The first kappa shape index (κ1) is 21.4. The van der Waals surface area contributed by atoms with E-state index in [9.17, 15) is 0 Å². The lowest BCUT2D eigenvalue weighted by atomic mass is 9.51. The van der Waals surface area contributed by atoms with Crippen LogP contribution >= 0.6 is 24.0 Å². The van der Waals surface area contributed by atoms with Crippen molar-refractivity contribution in [2.45, 2.75) is 70.9 Å². The molecule has 2 saturated carbocycles. The van der Waals surface area contributed by atoms with E-state index < -0.39 is 0 Å². The van der Waals surface area contributed by atoms with Crippen LogP contribution in [0.5, 0.6) is 0 Å². The van der Waals surface area contributed by atoms with Crippen LogP contribution < -0.4 is 10.6 Å². The van der Waals surface area contributed by atoms with E-state index in [1.807, 2.05) is 7.05 Å². The Morgan fingerprint density at radius 2 is 2.19 bits per heavy atom. The summed E-state index contributed by atoms with van der Waals surface area (Å²) in [5.74, 6) is 2.56. The first-order chi connectivity index (χ1) is 12.1. The number of hydrogen-bond donors (Lipinski definition) is 2. The SMILES string of the molecule is CCOC1CC(NC(=NC)NCCc2nc(C(C)C)no2)C12CCC2.I. The van der Waals surface area contributed by atoms with Crippen molar-refractivity contribution >= 4 is 29.9 Å². The fourth-order valence-electron chi connectivity index (χ4n) is 3.89. The molecule has 0 radical (unpaired) electrons. The maximum Gasteiger partial charge on any atom is 0.228 e. The molecule has 0 aliphatic heterocycles. The van der Waals surface area contributed by atoms with E-state index in [2.05, 4.69) is 46.5 Å². The molecule has 2 aliphatic carbocycles. The molecule has 3 rings (SSSR count). The van der Waals surface area contributed by atoms with Crippen molar-refractivity contribution in [3.8, 4) is 0 Å². The van der Waals surface area contributed by atoms with Crippen molar-refractivity contribution < 1.29 is 9.26 Å². The van der Waals surface area contributed by atoms with Gasteiger partial charge in [0.1, 0.15) is 0 Å². The van der Waals surface area contributed by atoms with Crippen molar-refractivity contribution in [3.05, 3.63) is 11.7 Å². The zero-order valence-electron chi connectivity index (χ0n) is 16.2. The number of nitrogens with zero attached hydrogens (tertiary/aromatic N) is 3. The Balaban J connectivity index is 0.00000243. The Labute approximate surface area is 173 Å². The largest absolute Gasteiger partial charge is 0.378 e. The Kier molecular flexibility index (Phi) is 7.69. The molecule has 2 atom stereocenters. The fourth-order valence-corrected chi connectivity index (χ4v) is 3.89. The quantitative estimate of drug-likeness (QED) is 0.357. The van der Waals surface area contributed by atoms with Gasteiger partial charge in [-0.25, -0.2) is 0 Å². The number of aromatic nitrogens is 2. The molecule has 0 amide bonds. The summed E-state index contributed by atoms with van der Waals surface area (Å²) >= 11 is 0. The van der Waals surface area contributed by atoms with E-state index in [1.54, 1.807) is 0 Å². The normalized spacial score (nSPS) is 24.0. The van der Waals surface area contributed by atoms with Crippen LogP contribution in [0.25, 0.3) is 0 Å². The van der Waals surface area contributed by atoms with Crippen LogP contribution in [0, 0.1) is 5.41 Å². The molecule has 0 saturated heterocycles. The molecule has 1 aromatic heterocycles. The molecule has 2 unspecified atom stereocenters. The predicted octanol–water partition coefficient (Wildman–Crippen LogP) is 2.87. The second-order valence-corrected chi connectivity index (χ2v) is 7.41. The molecule has 0 aromatic carbocycles. The Morgan fingerprint density at radius 1 is 1.42 bits per heavy atom. The summed E-state index contributed by atoms with van der Waals surface area (Å²) in [5.41, 5.74) is 0.326. The zero-order valence-corrected chi connectivity index (χ0v) is 18.6. The lowest BCUT2D eigenvalue weighted by Crippen LogP contribution is -2.68. The smallest absolute Gasteiger partial charge is 0.228 e. The number of aliphatic imine (C=N–C) groups is 1. The number of rotatable bonds is 7. The van der Waals surface area contributed by atoms with Gasteiger partial charge in [-0.15, -0.1) is 24.0 Å². The number of nitrogens with one attached hydrogen (secondary N) is 2. The van der Waals surface area contributed by atoms with E-state index in [0.29, 0.717) is 36.4 Å². The number of hydrogen-bond acceptors (Lipinski definition) is 5. The van der Waals surface area contributed by atoms with E-state index in [-0.39, 0.29) is 29.9 Å². The van der Waals surface area contributed by atoms with Gasteiger partial charge in [0, 0.05) is 44.0 Å². The number of halogens is 1. The second kappa shape index (κ2) is 9.34. The average molecular weight is 477 g/mol. The average Bonchev–Trinajstić information content (AvgIpc) is 2.99. The molecule has 2 aliphatic rings. The van der Waals surface area contributed by atoms with Crippen LogP contribution in [0.3, 0.4) is 0 Å². The van der Waals surface area contributed by atoms with Crippen LogP contribution in [-0.2, 0) is 11.2 Å². The molecule has 8 heteroatoms. The van der Waals surface area contributed by atoms with Gasteiger partial charge < -0.3 is 19.9 Å². The molecule has 148 valence electrons. The van der Waals surface area contributed by atoms with Gasteiger partial charge in [-0.3, -0.25) is 4.99 Å². The van der Waals surface area contributed by atoms with Gasteiger partial charge in [0.25, 0.3) is 0 Å². The molecule has 26 heavy (non-hydrogen) atoms. The summed E-state index contributed by atoms with van der Waals surface area (Å²) in [7, 11) is 1.81. The van der Waals surface area contributed by atoms with Crippen molar-refractivity contribution in [2.75, 3.05) is 20.2 Å². The van der Waals surface area contributed by atoms with Gasteiger partial charge in [0.05, 0.1) is 6.10 Å². The minimum absolute atomic E-state index is 0. The lowest BCUT2D eigenvalue weighted by molar-refractivity contribution is -0.168. The molecule has 2 N–H and O–H groups in total. The summed E-state index contributed by atoms with van der Waals surface area (Å²) in [6, 6.07) is 0.458. The molecule has 1 aromatic rings. The number of guanidine groups is 1. The molecule has 7 nitrogen and oxygen atoms in total. The molecule has 1 heterocycles. The summed E-state index contributed by atoms with van der Waals surface area (Å²) in [5, 5.41) is 10.9. The lowest BCUT2D eigenvalue weighted by Gasteiger charge is -2.61. The standard InChI is InChI=1S/C18H31N5O2.HI/c1-5-24-14-11-13(18(14)8-6-9-18)21-17(19-4)20-10-7-15-22-16(12(2)3)23-25-15;/h12-14H,5-11H2,1-4H3,(H2,19,20,21);1H. The van der Waals surface area contributed by atoms with Crippen molar-refractivity contribution in [2.24, 2.45) is 10.4 Å². The highest BCUT2D eigenvalue weighted by Gasteiger charge is 2.59. The molecular weight excluding hydrogens is 445 g/mol. The highest BCUT2D eigenvalue weighted by molar-refractivity contribution is 14.0. The van der Waals surface area contributed by atoms with Crippen LogP contribution in [-0.4, -0.2) is 48.4 Å². The van der Waals surface area contributed by atoms with Gasteiger partial charge in [-0.05, 0) is 26.2 Å². The highest BCUT2D eigenvalue weighted by atomic mass is 127. The van der Waals surface area contributed by atoms with E-state index in [1.165, 1.54) is 19.3 Å². The minimum Gasteiger partial charge on any atom is -0.378 e. The van der Waals surface area contributed by atoms with Crippen molar-refractivity contribution in [1.29, 1.82) is 0 Å². The third-order valence-electron chi connectivity index (χ3n) is 5.60. The van der Waals surface area contributed by atoms with Gasteiger partial charge in [0.2, 0.25) is 5.89 Å². The van der Waals surface area contributed by atoms with Gasteiger partial charge in [-0.1, -0.05) is 25.4 Å². The van der Waals surface area contributed by atoms with Crippen molar-refractivity contribution in [1.82, 2.24) is 20.8 Å². The summed E-state index contributed by atoms with van der Waals surface area (Å²) in [4.78, 5) is 8.76. The summed E-state index contributed by atoms with van der Waals surface area (Å²) in [6.07, 6.45) is 5.99. The summed E-state index contributed by atoms with van der Waals surface area (Å²) in [6.45, 7) is 7.71. The maximum absolute atomic E-state index is 5.91. The van der Waals surface area contributed by atoms with Gasteiger partial charge in [-0.2, -0.15) is 4.98 Å². The predicted molar refractivity (Wildman–Crippen MR) is 112 cm³/mol. The number of ether oxygens (including phenoxy) is 1. The first-order valence-corrected chi connectivity index (χ1v) is 9.50. The van der Waals surface area contributed by atoms with Crippen LogP contribution in [0.1, 0.15) is 64.1 Å². The maximum atomic E-state index is 5.91. The third-order valence-corrected chi connectivity index (χ3v) is 5.60.